The topological polar surface area (TPSA) is 38.5 Å². The van der Waals surface area contributed by atoms with Gasteiger partial charge in [0, 0.05) is 25.7 Å². The Kier molecular flexibility index (Phi) is 7.09. The molecule has 0 amide bonds. The van der Waals surface area contributed by atoms with E-state index in [0.29, 0.717) is 12.1 Å². The minimum atomic E-state index is 0.370. The fourth-order valence-electron chi connectivity index (χ4n) is 2.82. The van der Waals surface area contributed by atoms with Gasteiger partial charge in [-0.05, 0) is 25.3 Å². The van der Waals surface area contributed by atoms with Crippen LogP contribution in [-0.2, 0) is 4.74 Å². The zero-order valence-corrected chi connectivity index (χ0v) is 11.8. The molecule has 1 aliphatic heterocycles. The molecule has 17 heavy (non-hydrogen) atoms. The molecule has 1 saturated heterocycles. The van der Waals surface area contributed by atoms with E-state index in [1.165, 1.54) is 32.2 Å². The lowest BCUT2D eigenvalue weighted by Gasteiger charge is -2.35. The first kappa shape index (κ1) is 14.9. The van der Waals surface area contributed by atoms with Crippen molar-refractivity contribution in [3.05, 3.63) is 0 Å². The number of nitrogens with zero attached hydrogens (tertiary/aromatic N) is 1. The van der Waals surface area contributed by atoms with Crippen LogP contribution in [0.1, 0.15) is 46.5 Å². The fourth-order valence-corrected chi connectivity index (χ4v) is 2.82. The van der Waals surface area contributed by atoms with Gasteiger partial charge in [0.15, 0.2) is 0 Å². The Balaban J connectivity index is 2.55. The third-order valence-corrected chi connectivity index (χ3v) is 4.16. The van der Waals surface area contributed by atoms with Crippen molar-refractivity contribution in [2.75, 3.05) is 26.2 Å². The molecule has 1 heterocycles. The average molecular weight is 242 g/mol. The van der Waals surface area contributed by atoms with Gasteiger partial charge in [0.05, 0.1) is 6.10 Å². The lowest BCUT2D eigenvalue weighted by molar-refractivity contribution is 0.0225. The van der Waals surface area contributed by atoms with Crippen LogP contribution in [0.3, 0.4) is 0 Å². The first-order chi connectivity index (χ1) is 8.26. The van der Waals surface area contributed by atoms with Crippen molar-refractivity contribution < 1.29 is 4.74 Å². The monoisotopic (exact) mass is 242 g/mol. The Hall–Kier alpha value is -0.120. The second-order valence-electron chi connectivity index (χ2n) is 5.12. The van der Waals surface area contributed by atoms with Crippen molar-refractivity contribution in [3.63, 3.8) is 0 Å². The Morgan fingerprint density at radius 2 is 2.00 bits per heavy atom. The maximum Gasteiger partial charge on any atom is 0.0743 e. The molecule has 1 fully saturated rings. The molecular weight excluding hydrogens is 212 g/mol. The van der Waals surface area contributed by atoms with E-state index in [4.69, 9.17) is 10.5 Å². The Labute approximate surface area is 107 Å². The summed E-state index contributed by atoms with van der Waals surface area (Å²) in [5.74, 6) is 0.797. The molecule has 0 aromatic carbocycles. The first-order valence-electron chi connectivity index (χ1n) is 7.32. The lowest BCUT2D eigenvalue weighted by Crippen LogP contribution is -2.49. The summed E-state index contributed by atoms with van der Waals surface area (Å²) in [6.07, 6.45) is 5.27. The van der Waals surface area contributed by atoms with Crippen LogP contribution in [0.25, 0.3) is 0 Å². The second-order valence-corrected chi connectivity index (χ2v) is 5.12. The molecular formula is C14H30N2O. The molecule has 3 heteroatoms. The van der Waals surface area contributed by atoms with E-state index in [1.807, 2.05) is 0 Å². The summed E-state index contributed by atoms with van der Waals surface area (Å²) >= 11 is 0. The number of rotatable bonds is 8. The number of hydrogen-bond donors (Lipinski definition) is 1. The minimum absolute atomic E-state index is 0.370. The smallest absolute Gasteiger partial charge is 0.0743 e. The highest BCUT2D eigenvalue weighted by molar-refractivity contribution is 4.84. The van der Waals surface area contributed by atoms with Gasteiger partial charge in [0.2, 0.25) is 0 Å². The van der Waals surface area contributed by atoms with Crippen LogP contribution in [0.2, 0.25) is 0 Å². The molecule has 0 spiro atoms. The normalized spacial score (nSPS) is 22.6. The van der Waals surface area contributed by atoms with E-state index in [2.05, 4.69) is 25.7 Å². The Morgan fingerprint density at radius 1 is 1.29 bits per heavy atom. The van der Waals surface area contributed by atoms with Gasteiger partial charge >= 0.3 is 0 Å². The fraction of sp³-hybridized carbons (Fsp3) is 1.00. The molecule has 0 aromatic heterocycles. The van der Waals surface area contributed by atoms with E-state index in [0.717, 1.165) is 25.6 Å². The van der Waals surface area contributed by atoms with Crippen molar-refractivity contribution >= 4 is 0 Å². The largest absolute Gasteiger partial charge is 0.377 e. The maximum absolute atomic E-state index is 5.97. The predicted octanol–water partition coefficient (Wildman–Crippen LogP) is 2.25. The zero-order chi connectivity index (χ0) is 12.7. The summed E-state index contributed by atoms with van der Waals surface area (Å²) in [6, 6.07) is 0.420. The Bertz CT molecular complexity index is 189. The van der Waals surface area contributed by atoms with Gasteiger partial charge in [0.1, 0.15) is 0 Å². The van der Waals surface area contributed by atoms with E-state index in [9.17, 15) is 0 Å². The average Bonchev–Trinajstić information content (AvgIpc) is 2.88. The maximum atomic E-state index is 5.97. The van der Waals surface area contributed by atoms with E-state index in [-0.39, 0.29) is 0 Å². The number of hydrogen-bond acceptors (Lipinski definition) is 3. The van der Waals surface area contributed by atoms with Gasteiger partial charge in [-0.25, -0.2) is 0 Å². The predicted molar refractivity (Wildman–Crippen MR) is 73.1 cm³/mol. The quantitative estimate of drug-likeness (QED) is 0.709. The summed E-state index contributed by atoms with van der Waals surface area (Å²) in [5, 5.41) is 0. The number of ether oxygens (including phenoxy) is 1. The van der Waals surface area contributed by atoms with Gasteiger partial charge in [-0.2, -0.15) is 0 Å². The number of likely N-dealkylation sites (N-methyl/N-ethyl adjacent to an activating group) is 1. The third-order valence-electron chi connectivity index (χ3n) is 4.16. The van der Waals surface area contributed by atoms with E-state index in [1.54, 1.807) is 0 Å². The molecule has 102 valence electrons. The second kappa shape index (κ2) is 8.06. The summed E-state index contributed by atoms with van der Waals surface area (Å²) in [7, 11) is 0. The van der Waals surface area contributed by atoms with Crippen LogP contribution in [0.15, 0.2) is 0 Å². The molecule has 0 saturated carbocycles. The molecule has 1 aliphatic rings. The molecule has 0 radical (unpaired) electrons. The molecule has 2 atom stereocenters. The molecule has 0 bridgehead atoms. The van der Waals surface area contributed by atoms with Crippen LogP contribution in [0.4, 0.5) is 0 Å². The lowest BCUT2D eigenvalue weighted by atomic mass is 9.99. The van der Waals surface area contributed by atoms with Gasteiger partial charge in [-0.3, -0.25) is 4.90 Å². The SMILES string of the molecule is CCC(CC)CN(CC)C(CN)C1CCCO1. The van der Waals surface area contributed by atoms with Gasteiger partial charge in [-0.1, -0.05) is 33.6 Å². The summed E-state index contributed by atoms with van der Waals surface area (Å²) in [5.41, 5.74) is 5.97. The summed E-state index contributed by atoms with van der Waals surface area (Å²) < 4.78 is 5.82. The van der Waals surface area contributed by atoms with Crippen LogP contribution in [0.5, 0.6) is 0 Å². The van der Waals surface area contributed by atoms with Crippen LogP contribution in [-0.4, -0.2) is 43.3 Å². The van der Waals surface area contributed by atoms with Crippen molar-refractivity contribution in [2.45, 2.75) is 58.6 Å². The minimum Gasteiger partial charge on any atom is -0.377 e. The molecule has 3 nitrogen and oxygen atoms in total. The van der Waals surface area contributed by atoms with Crippen LogP contribution >= 0.6 is 0 Å². The Morgan fingerprint density at radius 3 is 2.41 bits per heavy atom. The van der Waals surface area contributed by atoms with E-state index < -0.39 is 0 Å². The highest BCUT2D eigenvalue weighted by Crippen LogP contribution is 2.21. The first-order valence-corrected chi connectivity index (χ1v) is 7.32. The summed E-state index contributed by atoms with van der Waals surface area (Å²) in [6.45, 7) is 10.7. The van der Waals surface area contributed by atoms with E-state index >= 15 is 0 Å². The third kappa shape index (κ3) is 4.23. The van der Waals surface area contributed by atoms with Crippen LogP contribution < -0.4 is 5.73 Å². The molecule has 0 aliphatic carbocycles. The van der Waals surface area contributed by atoms with Crippen molar-refractivity contribution in [2.24, 2.45) is 11.7 Å². The van der Waals surface area contributed by atoms with Crippen molar-refractivity contribution in [1.29, 1.82) is 0 Å². The molecule has 1 rings (SSSR count). The van der Waals surface area contributed by atoms with Gasteiger partial charge in [-0.15, -0.1) is 0 Å². The standard InChI is InChI=1S/C14H30N2O/c1-4-12(5-2)11-16(6-3)13(10-15)14-8-7-9-17-14/h12-14H,4-11,15H2,1-3H3. The van der Waals surface area contributed by atoms with Gasteiger partial charge < -0.3 is 10.5 Å². The molecule has 0 aromatic rings. The zero-order valence-electron chi connectivity index (χ0n) is 11.8. The van der Waals surface area contributed by atoms with Crippen molar-refractivity contribution in [3.8, 4) is 0 Å². The highest BCUT2D eigenvalue weighted by Gasteiger charge is 2.29. The molecule has 2 unspecified atom stereocenters. The van der Waals surface area contributed by atoms with Crippen LogP contribution in [0, 0.1) is 5.92 Å². The molecule has 2 N–H and O–H groups in total. The highest BCUT2D eigenvalue weighted by atomic mass is 16.5. The summed E-state index contributed by atoms with van der Waals surface area (Å²) in [4.78, 5) is 2.54. The van der Waals surface area contributed by atoms with Crippen molar-refractivity contribution in [1.82, 2.24) is 4.90 Å². The van der Waals surface area contributed by atoms with Gasteiger partial charge in [0.25, 0.3) is 0 Å². The number of nitrogens with two attached hydrogens (primary N) is 1.